The van der Waals surface area contributed by atoms with E-state index in [1.54, 1.807) is 6.20 Å². The molecule has 1 amide bonds. The number of benzene rings is 2. The lowest BCUT2D eigenvalue weighted by molar-refractivity contribution is -0.121. The number of aromatic nitrogens is 1. The van der Waals surface area contributed by atoms with Crippen LogP contribution in [0, 0.1) is 0 Å². The molecule has 1 heterocycles. The number of rotatable bonds is 7. The SMILES string of the molecule is CCCCC(=O)N[C@@H](c1ccc(N(C)C)cc1)c1ccc2cccnc2c1O. The van der Waals surface area contributed by atoms with Gasteiger partial charge in [-0.2, -0.15) is 0 Å². The Labute approximate surface area is 166 Å². The maximum absolute atomic E-state index is 12.5. The van der Waals surface area contributed by atoms with Gasteiger partial charge in [-0.05, 0) is 30.2 Å². The first-order chi connectivity index (χ1) is 13.5. The predicted octanol–water partition coefficient (Wildman–Crippen LogP) is 4.40. The number of carbonyl (C=O) groups excluding carboxylic acids is 1. The number of pyridine rings is 1. The molecule has 0 spiro atoms. The number of phenols is 1. The first-order valence-corrected chi connectivity index (χ1v) is 9.64. The van der Waals surface area contributed by atoms with Crippen molar-refractivity contribution < 1.29 is 9.90 Å². The molecule has 3 rings (SSSR count). The van der Waals surface area contributed by atoms with Crippen molar-refractivity contribution in [3.8, 4) is 5.75 Å². The Morgan fingerprint density at radius 1 is 1.14 bits per heavy atom. The number of hydrogen-bond donors (Lipinski definition) is 2. The number of anilines is 1. The van der Waals surface area contributed by atoms with Gasteiger partial charge < -0.3 is 15.3 Å². The van der Waals surface area contributed by atoms with Crippen LogP contribution in [-0.4, -0.2) is 30.1 Å². The molecule has 0 aliphatic rings. The lowest BCUT2D eigenvalue weighted by atomic mass is 9.95. The molecule has 2 N–H and O–H groups in total. The van der Waals surface area contributed by atoms with Gasteiger partial charge in [-0.15, -0.1) is 0 Å². The summed E-state index contributed by atoms with van der Waals surface area (Å²) in [5.41, 5.74) is 3.18. The zero-order chi connectivity index (χ0) is 20.1. The highest BCUT2D eigenvalue weighted by Crippen LogP contribution is 2.35. The van der Waals surface area contributed by atoms with Crippen molar-refractivity contribution in [1.82, 2.24) is 10.3 Å². The number of aromatic hydroxyl groups is 1. The summed E-state index contributed by atoms with van der Waals surface area (Å²) in [6.45, 7) is 2.06. The number of hydrogen-bond acceptors (Lipinski definition) is 4. The van der Waals surface area contributed by atoms with E-state index < -0.39 is 6.04 Å². The van der Waals surface area contributed by atoms with Crippen molar-refractivity contribution in [3.63, 3.8) is 0 Å². The van der Waals surface area contributed by atoms with Crippen LogP contribution in [0.5, 0.6) is 5.75 Å². The summed E-state index contributed by atoms with van der Waals surface area (Å²) in [4.78, 5) is 18.8. The maximum atomic E-state index is 12.5. The summed E-state index contributed by atoms with van der Waals surface area (Å²) in [5, 5.41) is 14.9. The normalized spacial score (nSPS) is 12.0. The molecule has 5 heteroatoms. The lowest BCUT2D eigenvalue weighted by Gasteiger charge is -2.22. The van der Waals surface area contributed by atoms with E-state index >= 15 is 0 Å². The Morgan fingerprint density at radius 2 is 1.89 bits per heavy atom. The van der Waals surface area contributed by atoms with Gasteiger partial charge in [-0.3, -0.25) is 9.78 Å². The minimum Gasteiger partial charge on any atom is -0.505 e. The minimum absolute atomic E-state index is 0.0240. The van der Waals surface area contributed by atoms with Gasteiger partial charge in [0.2, 0.25) is 5.91 Å². The van der Waals surface area contributed by atoms with Crippen molar-refractivity contribution in [3.05, 3.63) is 65.9 Å². The standard InChI is InChI=1S/C23H27N3O2/c1-4-5-8-20(27)25-21(17-9-12-18(13-10-17)26(2)3)19-14-11-16-7-6-15-24-22(16)23(19)28/h6-7,9-15,21,28H,4-5,8H2,1-3H3,(H,25,27)/t21-/m0/s1. The predicted molar refractivity (Wildman–Crippen MR) is 114 cm³/mol. The number of unbranched alkanes of at least 4 members (excludes halogenated alkanes) is 1. The van der Waals surface area contributed by atoms with Crippen LogP contribution in [0.15, 0.2) is 54.7 Å². The van der Waals surface area contributed by atoms with Gasteiger partial charge in [0.15, 0.2) is 0 Å². The molecule has 0 bridgehead atoms. The van der Waals surface area contributed by atoms with Gasteiger partial charge in [-0.25, -0.2) is 0 Å². The molecule has 0 fully saturated rings. The van der Waals surface area contributed by atoms with Gasteiger partial charge in [0.1, 0.15) is 11.3 Å². The van der Waals surface area contributed by atoms with Gasteiger partial charge in [0, 0.05) is 43.4 Å². The fourth-order valence-electron chi connectivity index (χ4n) is 3.25. The molecule has 0 aliphatic heterocycles. The summed E-state index contributed by atoms with van der Waals surface area (Å²) >= 11 is 0. The summed E-state index contributed by atoms with van der Waals surface area (Å²) < 4.78 is 0. The summed E-state index contributed by atoms with van der Waals surface area (Å²) in [6, 6.07) is 15.1. The zero-order valence-electron chi connectivity index (χ0n) is 16.6. The van der Waals surface area contributed by atoms with Crippen LogP contribution >= 0.6 is 0 Å². The molecule has 0 aliphatic carbocycles. The van der Waals surface area contributed by atoms with Gasteiger partial charge in [0.25, 0.3) is 0 Å². The van der Waals surface area contributed by atoms with Crippen molar-refractivity contribution in [2.24, 2.45) is 0 Å². The third kappa shape index (κ3) is 4.25. The van der Waals surface area contributed by atoms with E-state index in [4.69, 9.17) is 0 Å². The highest BCUT2D eigenvalue weighted by Gasteiger charge is 2.21. The number of amides is 1. The molecular formula is C23H27N3O2. The second kappa shape index (κ2) is 8.74. The van der Waals surface area contributed by atoms with Gasteiger partial charge in [-0.1, -0.05) is 43.7 Å². The van der Waals surface area contributed by atoms with E-state index in [1.165, 1.54) is 0 Å². The quantitative estimate of drug-likeness (QED) is 0.640. The van der Waals surface area contributed by atoms with E-state index in [0.717, 1.165) is 29.5 Å². The first-order valence-electron chi connectivity index (χ1n) is 9.64. The van der Waals surface area contributed by atoms with Crippen LogP contribution in [0.3, 0.4) is 0 Å². The zero-order valence-corrected chi connectivity index (χ0v) is 16.6. The smallest absolute Gasteiger partial charge is 0.220 e. The van der Waals surface area contributed by atoms with E-state index in [0.29, 0.717) is 17.5 Å². The molecule has 146 valence electrons. The average molecular weight is 377 g/mol. The maximum Gasteiger partial charge on any atom is 0.220 e. The number of phenolic OH excluding ortho intramolecular Hbond substituents is 1. The van der Waals surface area contributed by atoms with Crippen LogP contribution in [0.4, 0.5) is 5.69 Å². The fraction of sp³-hybridized carbons (Fsp3) is 0.304. The second-order valence-electron chi connectivity index (χ2n) is 7.17. The van der Waals surface area contributed by atoms with Crippen LogP contribution < -0.4 is 10.2 Å². The first kappa shape index (κ1) is 19.7. The number of fused-ring (bicyclic) bond motifs is 1. The van der Waals surface area contributed by atoms with Crippen molar-refractivity contribution in [2.45, 2.75) is 32.2 Å². The molecule has 5 nitrogen and oxygen atoms in total. The number of nitrogens with zero attached hydrogens (tertiary/aromatic N) is 2. The summed E-state index contributed by atoms with van der Waals surface area (Å²) in [7, 11) is 3.97. The molecule has 3 aromatic rings. The molecule has 0 radical (unpaired) electrons. The van der Waals surface area contributed by atoms with Crippen molar-refractivity contribution in [1.29, 1.82) is 0 Å². The molecule has 28 heavy (non-hydrogen) atoms. The molecule has 0 saturated carbocycles. The van der Waals surface area contributed by atoms with Crippen LogP contribution in [0.2, 0.25) is 0 Å². The van der Waals surface area contributed by atoms with Gasteiger partial charge >= 0.3 is 0 Å². The fourth-order valence-corrected chi connectivity index (χ4v) is 3.25. The highest BCUT2D eigenvalue weighted by atomic mass is 16.3. The van der Waals surface area contributed by atoms with E-state index in [-0.39, 0.29) is 11.7 Å². The van der Waals surface area contributed by atoms with E-state index in [1.807, 2.05) is 67.5 Å². The Hall–Kier alpha value is -3.08. The molecule has 0 unspecified atom stereocenters. The topological polar surface area (TPSA) is 65.5 Å². The van der Waals surface area contributed by atoms with E-state index in [2.05, 4.69) is 17.2 Å². The molecule has 2 aromatic carbocycles. The lowest BCUT2D eigenvalue weighted by Crippen LogP contribution is -2.29. The molecular weight excluding hydrogens is 350 g/mol. The monoisotopic (exact) mass is 377 g/mol. The van der Waals surface area contributed by atoms with Crippen LogP contribution in [0.25, 0.3) is 10.9 Å². The second-order valence-corrected chi connectivity index (χ2v) is 7.17. The van der Waals surface area contributed by atoms with Crippen LogP contribution in [0.1, 0.15) is 43.4 Å². The van der Waals surface area contributed by atoms with Crippen LogP contribution in [-0.2, 0) is 4.79 Å². The Morgan fingerprint density at radius 3 is 2.57 bits per heavy atom. The summed E-state index contributed by atoms with van der Waals surface area (Å²) in [5.74, 6) is 0.0830. The Balaban J connectivity index is 2.03. The molecule has 1 aromatic heterocycles. The Kier molecular flexibility index (Phi) is 6.14. The Bertz CT molecular complexity index is 952. The molecule has 0 saturated heterocycles. The number of carbonyl (C=O) groups is 1. The third-order valence-corrected chi connectivity index (χ3v) is 4.90. The average Bonchev–Trinajstić information content (AvgIpc) is 2.71. The van der Waals surface area contributed by atoms with Gasteiger partial charge in [0.05, 0.1) is 6.04 Å². The molecule has 1 atom stereocenters. The van der Waals surface area contributed by atoms with Crippen molar-refractivity contribution in [2.75, 3.05) is 19.0 Å². The largest absolute Gasteiger partial charge is 0.505 e. The number of nitrogens with one attached hydrogen (secondary N) is 1. The van der Waals surface area contributed by atoms with Crippen molar-refractivity contribution >= 4 is 22.5 Å². The highest BCUT2D eigenvalue weighted by molar-refractivity contribution is 5.86. The third-order valence-electron chi connectivity index (χ3n) is 4.90. The minimum atomic E-state index is -0.438. The summed E-state index contributed by atoms with van der Waals surface area (Å²) in [6.07, 6.45) is 3.92. The van der Waals surface area contributed by atoms with E-state index in [9.17, 15) is 9.90 Å².